The van der Waals surface area contributed by atoms with Crippen molar-refractivity contribution in [2.45, 2.75) is 18.9 Å². The fraction of sp³-hybridized carbons (Fsp3) is 0.714. The Labute approximate surface area is 80.2 Å². The van der Waals surface area contributed by atoms with Crippen LogP contribution in [0, 0.1) is 0 Å². The molecule has 0 bridgehead atoms. The molecule has 0 unspecified atom stereocenters. The molecule has 0 aromatic heterocycles. The lowest BCUT2D eigenvalue weighted by Gasteiger charge is -2.20. The van der Waals surface area contributed by atoms with Gasteiger partial charge in [-0.15, -0.1) is 0 Å². The first-order valence-corrected chi connectivity index (χ1v) is 4.31. The van der Waals surface area contributed by atoms with Gasteiger partial charge >= 0.3 is 11.5 Å². The van der Waals surface area contributed by atoms with Crippen LogP contribution < -0.4 is 0 Å². The van der Waals surface area contributed by atoms with Gasteiger partial charge in [-0.1, -0.05) is 0 Å². The summed E-state index contributed by atoms with van der Waals surface area (Å²) in [5.41, 5.74) is -0.891. The predicted molar refractivity (Wildman–Crippen MR) is 45.0 cm³/mol. The summed E-state index contributed by atoms with van der Waals surface area (Å²) in [5, 5.41) is 8.70. The van der Waals surface area contributed by atoms with Gasteiger partial charge in [-0.3, -0.25) is 0 Å². The monoisotopic (exact) mass is 207 g/mol. The Morgan fingerprint density at radius 2 is 2.31 bits per heavy atom. The molecular formula is C7H10ClNO4. The van der Waals surface area contributed by atoms with Gasteiger partial charge in [0.1, 0.15) is 6.61 Å². The van der Waals surface area contributed by atoms with Crippen LogP contribution in [0.2, 0.25) is 0 Å². The highest BCUT2D eigenvalue weighted by Crippen LogP contribution is 2.17. The maximum absolute atomic E-state index is 10.6. The molecule has 1 atom stereocenters. The first-order chi connectivity index (χ1) is 6.11. The van der Waals surface area contributed by atoms with E-state index in [0.29, 0.717) is 6.54 Å². The zero-order valence-electron chi connectivity index (χ0n) is 6.90. The molecule has 1 rings (SSSR count). The summed E-state index contributed by atoms with van der Waals surface area (Å²) in [6, 6.07) is -0.236. The van der Waals surface area contributed by atoms with E-state index >= 15 is 0 Å². The van der Waals surface area contributed by atoms with Gasteiger partial charge < -0.3 is 14.7 Å². The van der Waals surface area contributed by atoms with Crippen LogP contribution in [0.15, 0.2) is 0 Å². The first-order valence-electron chi connectivity index (χ1n) is 3.93. The molecule has 1 amide bonds. The second-order valence-electron chi connectivity index (χ2n) is 2.82. The standard InChI is InChI=1S/C7H10ClNO4/c8-6(10)13-4-5-2-1-3-9(5)7(11)12/h5H,1-4H2,(H,11,12)/t5-/m1/s1. The van der Waals surface area contributed by atoms with Crippen molar-refractivity contribution in [2.75, 3.05) is 13.2 Å². The summed E-state index contributed by atoms with van der Waals surface area (Å²) < 4.78 is 4.53. The molecule has 1 aliphatic rings. The van der Waals surface area contributed by atoms with Crippen LogP contribution >= 0.6 is 11.6 Å². The van der Waals surface area contributed by atoms with Crippen molar-refractivity contribution >= 4 is 23.1 Å². The number of nitrogens with zero attached hydrogens (tertiary/aromatic N) is 1. The summed E-state index contributed by atoms with van der Waals surface area (Å²) in [5.74, 6) is 0. The van der Waals surface area contributed by atoms with Gasteiger partial charge in [0.05, 0.1) is 6.04 Å². The van der Waals surface area contributed by atoms with E-state index in [1.165, 1.54) is 4.90 Å². The molecule has 0 radical (unpaired) electrons. The zero-order valence-corrected chi connectivity index (χ0v) is 7.66. The number of halogens is 1. The van der Waals surface area contributed by atoms with Crippen LogP contribution in [0.3, 0.4) is 0 Å². The van der Waals surface area contributed by atoms with E-state index in [1.807, 2.05) is 0 Å². The minimum Gasteiger partial charge on any atom is -0.465 e. The molecule has 0 saturated carbocycles. The molecule has 5 nitrogen and oxygen atoms in total. The Kier molecular flexibility index (Phi) is 3.36. The molecule has 0 spiro atoms. The molecule has 0 aromatic carbocycles. The van der Waals surface area contributed by atoms with E-state index in [9.17, 15) is 9.59 Å². The van der Waals surface area contributed by atoms with Crippen molar-refractivity contribution in [3.05, 3.63) is 0 Å². The Hall–Kier alpha value is -0.970. The van der Waals surface area contributed by atoms with Crippen molar-refractivity contribution in [1.82, 2.24) is 4.90 Å². The normalized spacial score (nSPS) is 21.6. The van der Waals surface area contributed by atoms with Crippen LogP contribution in [-0.2, 0) is 4.74 Å². The minimum atomic E-state index is -0.979. The smallest absolute Gasteiger partial charge is 0.407 e. The molecule has 1 fully saturated rings. The van der Waals surface area contributed by atoms with E-state index in [4.69, 9.17) is 16.7 Å². The highest BCUT2D eigenvalue weighted by molar-refractivity contribution is 6.61. The third kappa shape index (κ3) is 2.77. The molecule has 74 valence electrons. The number of carbonyl (C=O) groups is 2. The zero-order chi connectivity index (χ0) is 9.84. The van der Waals surface area contributed by atoms with Crippen LogP contribution in [-0.4, -0.2) is 40.7 Å². The fourth-order valence-electron chi connectivity index (χ4n) is 1.42. The SMILES string of the molecule is O=C(Cl)OC[C@H]1CCCN1C(=O)O. The number of rotatable bonds is 2. The number of ether oxygens (including phenoxy) is 1. The topological polar surface area (TPSA) is 66.8 Å². The van der Waals surface area contributed by atoms with Gasteiger partial charge in [0.25, 0.3) is 0 Å². The maximum atomic E-state index is 10.6. The predicted octanol–water partition coefficient (Wildman–Crippen LogP) is 1.50. The third-order valence-corrected chi connectivity index (χ3v) is 2.12. The van der Waals surface area contributed by atoms with Gasteiger partial charge in [0, 0.05) is 18.1 Å². The van der Waals surface area contributed by atoms with Gasteiger partial charge in [-0.25, -0.2) is 9.59 Å². The lowest BCUT2D eigenvalue weighted by atomic mass is 10.2. The highest BCUT2D eigenvalue weighted by Gasteiger charge is 2.29. The van der Waals surface area contributed by atoms with Crippen LogP contribution in [0.25, 0.3) is 0 Å². The second kappa shape index (κ2) is 4.32. The van der Waals surface area contributed by atoms with Crippen molar-refractivity contribution in [2.24, 2.45) is 0 Å². The maximum Gasteiger partial charge on any atom is 0.407 e. The number of carboxylic acid groups (broad SMARTS) is 1. The Bertz CT molecular complexity index is 221. The van der Waals surface area contributed by atoms with Gasteiger partial charge in [-0.2, -0.15) is 0 Å². The summed E-state index contributed by atoms with van der Waals surface area (Å²) in [6.45, 7) is 0.550. The summed E-state index contributed by atoms with van der Waals surface area (Å²) in [6.07, 6.45) is 0.543. The molecule has 1 aliphatic heterocycles. The molecule has 0 aliphatic carbocycles. The minimum absolute atomic E-state index is 0.0502. The summed E-state index contributed by atoms with van der Waals surface area (Å²) in [4.78, 5) is 22.1. The Balaban J connectivity index is 2.39. The molecule has 6 heteroatoms. The van der Waals surface area contributed by atoms with E-state index in [2.05, 4.69) is 4.74 Å². The summed E-state index contributed by atoms with van der Waals surface area (Å²) in [7, 11) is 0. The molecule has 1 heterocycles. The quantitative estimate of drug-likeness (QED) is 0.697. The van der Waals surface area contributed by atoms with Crippen molar-refractivity contribution in [3.63, 3.8) is 0 Å². The largest absolute Gasteiger partial charge is 0.465 e. The van der Waals surface area contributed by atoms with Crippen LogP contribution in [0.4, 0.5) is 9.59 Å². The lowest BCUT2D eigenvalue weighted by molar-refractivity contribution is 0.107. The van der Waals surface area contributed by atoms with Crippen LogP contribution in [0.1, 0.15) is 12.8 Å². The molecule has 0 aromatic rings. The van der Waals surface area contributed by atoms with Gasteiger partial charge in [0.2, 0.25) is 0 Å². The van der Waals surface area contributed by atoms with E-state index in [0.717, 1.165) is 12.8 Å². The van der Waals surface area contributed by atoms with E-state index < -0.39 is 11.5 Å². The first kappa shape index (κ1) is 10.1. The summed E-state index contributed by atoms with van der Waals surface area (Å²) >= 11 is 4.96. The van der Waals surface area contributed by atoms with E-state index in [-0.39, 0.29) is 12.6 Å². The Morgan fingerprint density at radius 1 is 1.62 bits per heavy atom. The molecule has 1 saturated heterocycles. The van der Waals surface area contributed by atoms with Crippen molar-refractivity contribution < 1.29 is 19.4 Å². The van der Waals surface area contributed by atoms with Gasteiger partial charge in [0.15, 0.2) is 0 Å². The third-order valence-electron chi connectivity index (χ3n) is 2.01. The molecular weight excluding hydrogens is 198 g/mol. The van der Waals surface area contributed by atoms with Crippen LogP contribution in [0.5, 0.6) is 0 Å². The van der Waals surface area contributed by atoms with E-state index in [1.54, 1.807) is 0 Å². The highest BCUT2D eigenvalue weighted by atomic mass is 35.5. The Morgan fingerprint density at radius 3 is 2.85 bits per heavy atom. The average molecular weight is 208 g/mol. The number of hydrogen-bond acceptors (Lipinski definition) is 3. The average Bonchev–Trinajstić information content (AvgIpc) is 2.47. The molecule has 1 N–H and O–H groups in total. The number of hydrogen-bond donors (Lipinski definition) is 1. The fourth-order valence-corrected chi connectivity index (χ4v) is 1.49. The molecule has 13 heavy (non-hydrogen) atoms. The van der Waals surface area contributed by atoms with Crippen molar-refractivity contribution in [1.29, 1.82) is 0 Å². The second-order valence-corrected chi connectivity index (χ2v) is 3.13. The van der Waals surface area contributed by atoms with Crippen molar-refractivity contribution in [3.8, 4) is 0 Å². The van der Waals surface area contributed by atoms with Gasteiger partial charge in [-0.05, 0) is 12.8 Å². The number of likely N-dealkylation sites (tertiary alicyclic amines) is 1. The number of carbonyl (C=O) groups excluding carboxylic acids is 1. The lowest BCUT2D eigenvalue weighted by Crippen LogP contribution is -2.37. The number of amides is 1.